The number of carbonyl (C=O) groups is 2. The molecule has 0 radical (unpaired) electrons. The van der Waals surface area contributed by atoms with Gasteiger partial charge in [0.15, 0.2) is 0 Å². The largest absolute Gasteiger partial charge is 0.336 e. The Morgan fingerprint density at radius 1 is 1.25 bits per heavy atom. The number of rotatable bonds is 3. The van der Waals surface area contributed by atoms with Crippen molar-refractivity contribution in [3.63, 3.8) is 0 Å². The van der Waals surface area contributed by atoms with Gasteiger partial charge in [0.25, 0.3) is 0 Å². The Labute approximate surface area is 117 Å². The smallest absolute Gasteiger partial charge is 0.242 e. The van der Waals surface area contributed by atoms with Crippen LogP contribution in [0.3, 0.4) is 0 Å². The van der Waals surface area contributed by atoms with Crippen molar-refractivity contribution >= 4 is 11.8 Å². The van der Waals surface area contributed by atoms with E-state index in [2.05, 4.69) is 0 Å². The summed E-state index contributed by atoms with van der Waals surface area (Å²) in [6.45, 7) is 1.28. The summed E-state index contributed by atoms with van der Waals surface area (Å²) < 4.78 is 13.5. The van der Waals surface area contributed by atoms with E-state index in [1.807, 2.05) is 4.90 Å². The van der Waals surface area contributed by atoms with E-state index >= 15 is 0 Å². The molecule has 1 aliphatic heterocycles. The van der Waals surface area contributed by atoms with Gasteiger partial charge in [-0.25, -0.2) is 4.39 Å². The van der Waals surface area contributed by atoms with Gasteiger partial charge < -0.3 is 9.80 Å². The van der Waals surface area contributed by atoms with Crippen molar-refractivity contribution < 1.29 is 14.0 Å². The van der Waals surface area contributed by atoms with E-state index < -0.39 is 0 Å². The number of nitrogens with zero attached hydrogens (tertiary/aromatic N) is 2. The predicted molar refractivity (Wildman–Crippen MR) is 71.4 cm³/mol. The SMILES string of the molecule is O=C(Cc1ccccc1F)N1CCN(C2CC2)C(=O)C1. The fraction of sp³-hybridized carbons (Fsp3) is 0.467. The maximum Gasteiger partial charge on any atom is 0.242 e. The first-order valence-corrected chi connectivity index (χ1v) is 6.96. The highest BCUT2D eigenvalue weighted by Crippen LogP contribution is 2.28. The standard InChI is InChI=1S/C15H17FN2O2/c16-13-4-2-1-3-11(13)9-14(19)17-7-8-18(12-5-6-12)15(20)10-17/h1-4,12H,5-10H2. The van der Waals surface area contributed by atoms with E-state index in [4.69, 9.17) is 0 Å². The summed E-state index contributed by atoms with van der Waals surface area (Å²) in [6.07, 6.45) is 2.17. The van der Waals surface area contributed by atoms with Gasteiger partial charge in [-0.2, -0.15) is 0 Å². The fourth-order valence-corrected chi connectivity index (χ4v) is 2.59. The van der Waals surface area contributed by atoms with Crippen molar-refractivity contribution in [3.05, 3.63) is 35.6 Å². The highest BCUT2D eigenvalue weighted by atomic mass is 19.1. The second-order valence-corrected chi connectivity index (χ2v) is 5.40. The summed E-state index contributed by atoms with van der Waals surface area (Å²) >= 11 is 0. The van der Waals surface area contributed by atoms with Crippen LogP contribution in [-0.2, 0) is 16.0 Å². The average Bonchev–Trinajstić information content (AvgIpc) is 3.25. The van der Waals surface area contributed by atoms with Gasteiger partial charge in [0.2, 0.25) is 11.8 Å². The molecule has 0 N–H and O–H groups in total. The van der Waals surface area contributed by atoms with E-state index in [9.17, 15) is 14.0 Å². The number of hydrogen-bond acceptors (Lipinski definition) is 2. The topological polar surface area (TPSA) is 40.6 Å². The van der Waals surface area contributed by atoms with Crippen molar-refractivity contribution in [2.75, 3.05) is 19.6 Å². The van der Waals surface area contributed by atoms with Crippen molar-refractivity contribution in [1.82, 2.24) is 9.80 Å². The molecule has 1 aromatic carbocycles. The molecule has 0 unspecified atom stereocenters. The number of piperazine rings is 1. The molecule has 1 aliphatic carbocycles. The molecule has 1 saturated heterocycles. The second kappa shape index (κ2) is 5.23. The van der Waals surface area contributed by atoms with Crippen LogP contribution in [0.4, 0.5) is 4.39 Å². The van der Waals surface area contributed by atoms with Crippen LogP contribution < -0.4 is 0 Å². The normalized spacial score (nSPS) is 19.4. The fourth-order valence-electron chi connectivity index (χ4n) is 2.59. The molecule has 1 saturated carbocycles. The van der Waals surface area contributed by atoms with Gasteiger partial charge in [-0.05, 0) is 24.5 Å². The summed E-state index contributed by atoms with van der Waals surface area (Å²) in [5.41, 5.74) is 0.384. The molecule has 3 rings (SSSR count). The first-order chi connectivity index (χ1) is 9.65. The van der Waals surface area contributed by atoms with Crippen LogP contribution in [-0.4, -0.2) is 47.3 Å². The third-order valence-corrected chi connectivity index (χ3v) is 3.90. The maximum absolute atomic E-state index is 13.5. The average molecular weight is 276 g/mol. The summed E-state index contributed by atoms with van der Waals surface area (Å²) in [5.74, 6) is -0.539. The van der Waals surface area contributed by atoms with Crippen molar-refractivity contribution in [2.24, 2.45) is 0 Å². The van der Waals surface area contributed by atoms with Crippen LogP contribution in [0.25, 0.3) is 0 Å². The molecule has 2 fully saturated rings. The summed E-state index contributed by atoms with van der Waals surface area (Å²) in [6, 6.07) is 6.66. The lowest BCUT2D eigenvalue weighted by Gasteiger charge is -2.34. The number of halogens is 1. The molecule has 106 valence electrons. The van der Waals surface area contributed by atoms with Gasteiger partial charge in [-0.1, -0.05) is 18.2 Å². The summed E-state index contributed by atoms with van der Waals surface area (Å²) in [7, 11) is 0. The Bertz CT molecular complexity index is 542. The van der Waals surface area contributed by atoms with Gasteiger partial charge in [-0.3, -0.25) is 9.59 Å². The molecule has 2 amide bonds. The second-order valence-electron chi connectivity index (χ2n) is 5.40. The quantitative estimate of drug-likeness (QED) is 0.832. The van der Waals surface area contributed by atoms with Gasteiger partial charge in [0, 0.05) is 19.1 Å². The first-order valence-electron chi connectivity index (χ1n) is 6.96. The molecule has 0 aromatic heterocycles. The van der Waals surface area contributed by atoms with Crippen molar-refractivity contribution in [3.8, 4) is 0 Å². The lowest BCUT2D eigenvalue weighted by atomic mass is 10.1. The molecule has 1 heterocycles. The Balaban J connectivity index is 1.61. The number of amides is 2. The minimum absolute atomic E-state index is 0.0145. The van der Waals surface area contributed by atoms with Crippen molar-refractivity contribution in [2.45, 2.75) is 25.3 Å². The number of benzene rings is 1. The summed E-state index contributed by atoms with van der Waals surface area (Å²) in [5, 5.41) is 0. The van der Waals surface area contributed by atoms with Crippen LogP contribution in [0.15, 0.2) is 24.3 Å². The zero-order valence-corrected chi connectivity index (χ0v) is 11.2. The van der Waals surface area contributed by atoms with Crippen LogP contribution in [0.2, 0.25) is 0 Å². The van der Waals surface area contributed by atoms with Gasteiger partial charge in [-0.15, -0.1) is 0 Å². The van der Waals surface area contributed by atoms with E-state index in [1.165, 1.54) is 11.0 Å². The van der Waals surface area contributed by atoms with Gasteiger partial charge in [0.1, 0.15) is 5.82 Å². The third-order valence-electron chi connectivity index (χ3n) is 3.90. The highest BCUT2D eigenvalue weighted by molar-refractivity contribution is 5.87. The molecule has 0 bridgehead atoms. The Hall–Kier alpha value is -1.91. The number of carbonyl (C=O) groups excluding carboxylic acids is 2. The molecule has 20 heavy (non-hydrogen) atoms. The minimum Gasteiger partial charge on any atom is -0.336 e. The van der Waals surface area contributed by atoms with E-state index in [1.54, 1.807) is 18.2 Å². The van der Waals surface area contributed by atoms with Gasteiger partial charge in [0.05, 0.1) is 13.0 Å². The molecular weight excluding hydrogens is 259 g/mol. The molecule has 0 atom stereocenters. The number of hydrogen-bond donors (Lipinski definition) is 0. The Morgan fingerprint density at radius 3 is 2.65 bits per heavy atom. The molecule has 1 aromatic rings. The zero-order chi connectivity index (χ0) is 14.1. The van der Waals surface area contributed by atoms with E-state index in [0.29, 0.717) is 24.7 Å². The van der Waals surface area contributed by atoms with Crippen molar-refractivity contribution in [1.29, 1.82) is 0 Å². The zero-order valence-electron chi connectivity index (χ0n) is 11.2. The van der Waals surface area contributed by atoms with Crippen LogP contribution in [0.5, 0.6) is 0 Å². The first kappa shape index (κ1) is 13.1. The maximum atomic E-state index is 13.5. The lowest BCUT2D eigenvalue weighted by Crippen LogP contribution is -2.53. The Morgan fingerprint density at radius 2 is 2.00 bits per heavy atom. The van der Waals surface area contributed by atoms with E-state index in [0.717, 1.165) is 12.8 Å². The van der Waals surface area contributed by atoms with Crippen LogP contribution >= 0.6 is 0 Å². The molecule has 0 spiro atoms. The summed E-state index contributed by atoms with van der Waals surface area (Å²) in [4.78, 5) is 27.5. The molecule has 5 heteroatoms. The van der Waals surface area contributed by atoms with Gasteiger partial charge >= 0.3 is 0 Å². The monoisotopic (exact) mass is 276 g/mol. The molecular formula is C15H17FN2O2. The highest BCUT2D eigenvalue weighted by Gasteiger charge is 2.36. The third kappa shape index (κ3) is 2.66. The predicted octanol–water partition coefficient (Wildman–Crippen LogP) is 1.20. The van der Waals surface area contributed by atoms with Crippen LogP contribution in [0, 0.1) is 5.82 Å². The Kier molecular flexibility index (Phi) is 3.42. The van der Waals surface area contributed by atoms with E-state index in [-0.39, 0.29) is 30.6 Å². The van der Waals surface area contributed by atoms with Crippen LogP contribution in [0.1, 0.15) is 18.4 Å². The minimum atomic E-state index is -0.371. The molecule has 4 nitrogen and oxygen atoms in total. The molecule has 2 aliphatic rings. The lowest BCUT2D eigenvalue weighted by molar-refractivity contribution is -0.145.